The second-order valence-electron chi connectivity index (χ2n) is 2.12. The summed E-state index contributed by atoms with van der Waals surface area (Å²) in [6.07, 6.45) is 1.88. The molecule has 0 rings (SSSR count). The zero-order valence-electron chi connectivity index (χ0n) is 5.80. The van der Waals surface area contributed by atoms with Crippen molar-refractivity contribution < 1.29 is 10.2 Å². The Balaban J connectivity index is 3.87. The number of rotatable bonds is 5. The molecule has 0 radical (unpaired) electrons. The zero-order chi connectivity index (χ0) is 8.04. The smallest absolute Gasteiger partial charge is 0.0881 e. The van der Waals surface area contributed by atoms with Crippen LogP contribution in [0.5, 0.6) is 0 Å². The van der Waals surface area contributed by atoms with Crippen LogP contribution in [-0.2, 0) is 0 Å². The normalized spacial score (nSPS) is 12.0. The molecule has 0 aromatic rings. The summed E-state index contributed by atoms with van der Waals surface area (Å²) in [4.78, 5) is 2.37. The second-order valence-corrected chi connectivity index (χ2v) is 3.18. The molecule has 10 heavy (non-hydrogen) atoms. The van der Waals surface area contributed by atoms with E-state index in [0.717, 1.165) is 0 Å². The van der Waals surface area contributed by atoms with Gasteiger partial charge in [-0.2, -0.15) is 11.8 Å². The van der Waals surface area contributed by atoms with Crippen molar-refractivity contribution in [1.29, 1.82) is 0 Å². The SMILES string of the molecule is CSCC(CO)(CO)NCl. The Bertz CT molecular complexity index is 81.5. The third-order valence-electron chi connectivity index (χ3n) is 1.23. The van der Waals surface area contributed by atoms with E-state index >= 15 is 0 Å². The molecule has 0 aliphatic rings. The maximum atomic E-state index is 8.79. The minimum Gasteiger partial charge on any atom is -0.394 e. The summed E-state index contributed by atoms with van der Waals surface area (Å²) in [7, 11) is 0. The van der Waals surface area contributed by atoms with E-state index in [4.69, 9.17) is 22.0 Å². The first-order valence-corrected chi connectivity index (χ1v) is 4.60. The maximum Gasteiger partial charge on any atom is 0.0881 e. The highest BCUT2D eigenvalue weighted by molar-refractivity contribution is 7.98. The van der Waals surface area contributed by atoms with Gasteiger partial charge in [-0.1, -0.05) is 0 Å². The molecule has 0 atom stereocenters. The number of halogens is 1. The fourth-order valence-electron chi connectivity index (χ4n) is 0.505. The predicted octanol–water partition coefficient (Wildman–Crippen LogP) is -0.184. The fourth-order valence-corrected chi connectivity index (χ4v) is 1.58. The molecule has 3 nitrogen and oxygen atoms in total. The monoisotopic (exact) mass is 185 g/mol. The quantitative estimate of drug-likeness (QED) is 0.520. The molecule has 0 spiro atoms. The Morgan fingerprint density at radius 3 is 2.10 bits per heavy atom. The van der Waals surface area contributed by atoms with Crippen LogP contribution in [0.15, 0.2) is 0 Å². The lowest BCUT2D eigenvalue weighted by molar-refractivity contribution is 0.126. The summed E-state index contributed by atoms with van der Waals surface area (Å²) < 4.78 is 0. The zero-order valence-corrected chi connectivity index (χ0v) is 7.37. The van der Waals surface area contributed by atoms with Crippen molar-refractivity contribution in [2.75, 3.05) is 25.2 Å². The Morgan fingerprint density at radius 1 is 1.50 bits per heavy atom. The summed E-state index contributed by atoms with van der Waals surface area (Å²) >= 11 is 6.84. The van der Waals surface area contributed by atoms with Gasteiger partial charge in [-0.15, -0.1) is 0 Å². The van der Waals surface area contributed by atoms with E-state index in [0.29, 0.717) is 5.75 Å². The van der Waals surface area contributed by atoms with Crippen molar-refractivity contribution in [3.05, 3.63) is 0 Å². The molecule has 0 aromatic carbocycles. The van der Waals surface area contributed by atoms with E-state index in [-0.39, 0.29) is 13.2 Å². The van der Waals surface area contributed by atoms with Crippen LogP contribution in [0.4, 0.5) is 0 Å². The van der Waals surface area contributed by atoms with Gasteiger partial charge in [0, 0.05) is 5.75 Å². The van der Waals surface area contributed by atoms with Crippen LogP contribution in [0.25, 0.3) is 0 Å². The van der Waals surface area contributed by atoms with Crippen molar-refractivity contribution in [2.24, 2.45) is 0 Å². The number of aliphatic hydroxyl groups is 2. The highest BCUT2D eigenvalue weighted by Gasteiger charge is 2.26. The molecule has 3 N–H and O–H groups in total. The number of hydrogen-bond donors (Lipinski definition) is 3. The van der Waals surface area contributed by atoms with Gasteiger partial charge in [0.25, 0.3) is 0 Å². The van der Waals surface area contributed by atoms with Gasteiger partial charge < -0.3 is 10.2 Å². The first-order chi connectivity index (χ1) is 4.74. The van der Waals surface area contributed by atoms with Crippen molar-refractivity contribution in [1.82, 2.24) is 4.84 Å². The van der Waals surface area contributed by atoms with Crippen LogP contribution in [0, 0.1) is 0 Å². The molecule has 0 heterocycles. The van der Waals surface area contributed by atoms with Gasteiger partial charge in [0.05, 0.1) is 18.8 Å². The van der Waals surface area contributed by atoms with Gasteiger partial charge in [-0.25, -0.2) is 4.84 Å². The van der Waals surface area contributed by atoms with Crippen LogP contribution in [0.3, 0.4) is 0 Å². The molecular weight excluding hydrogens is 174 g/mol. The second kappa shape index (κ2) is 5.21. The van der Waals surface area contributed by atoms with Crippen LogP contribution < -0.4 is 4.84 Å². The minimum absolute atomic E-state index is 0.159. The number of aliphatic hydroxyl groups excluding tert-OH is 2. The average Bonchev–Trinajstić information content (AvgIpc) is 2.01. The number of thioether (sulfide) groups is 1. The maximum absolute atomic E-state index is 8.79. The van der Waals surface area contributed by atoms with Crippen molar-refractivity contribution in [3.63, 3.8) is 0 Å². The predicted molar refractivity (Wildman–Crippen MR) is 44.3 cm³/mol. The summed E-state index contributed by atoms with van der Waals surface area (Å²) in [5, 5.41) is 17.6. The Hall–Kier alpha value is 0.520. The van der Waals surface area contributed by atoms with Crippen molar-refractivity contribution in [2.45, 2.75) is 5.54 Å². The Morgan fingerprint density at radius 2 is 2.00 bits per heavy atom. The highest BCUT2D eigenvalue weighted by Crippen LogP contribution is 2.10. The summed E-state index contributed by atoms with van der Waals surface area (Å²) in [6.45, 7) is -0.318. The van der Waals surface area contributed by atoms with E-state index in [9.17, 15) is 0 Å². The first-order valence-electron chi connectivity index (χ1n) is 2.83. The van der Waals surface area contributed by atoms with Crippen LogP contribution in [0.1, 0.15) is 0 Å². The molecule has 0 saturated heterocycles. The van der Waals surface area contributed by atoms with Gasteiger partial charge in [-0.3, -0.25) is 0 Å². The largest absolute Gasteiger partial charge is 0.394 e. The van der Waals surface area contributed by atoms with E-state index in [1.54, 1.807) is 0 Å². The molecule has 0 aliphatic heterocycles. The highest BCUT2D eigenvalue weighted by atomic mass is 35.5. The number of hydrogen-bond acceptors (Lipinski definition) is 4. The Labute approximate surface area is 69.9 Å². The van der Waals surface area contributed by atoms with Gasteiger partial charge in [-0.05, 0) is 18.0 Å². The molecule has 0 bridgehead atoms. The van der Waals surface area contributed by atoms with E-state index < -0.39 is 5.54 Å². The number of nitrogens with one attached hydrogen (secondary N) is 1. The van der Waals surface area contributed by atoms with E-state index in [1.165, 1.54) is 11.8 Å². The molecule has 62 valence electrons. The topological polar surface area (TPSA) is 52.5 Å². The fraction of sp³-hybridized carbons (Fsp3) is 1.00. The Kier molecular flexibility index (Phi) is 5.48. The van der Waals surface area contributed by atoms with E-state index in [1.807, 2.05) is 6.26 Å². The molecule has 0 unspecified atom stereocenters. The summed E-state index contributed by atoms with van der Waals surface area (Å²) in [5.41, 5.74) is -0.735. The van der Waals surface area contributed by atoms with Gasteiger partial charge in [0.2, 0.25) is 0 Å². The summed E-state index contributed by atoms with van der Waals surface area (Å²) in [5.74, 6) is 0.587. The average molecular weight is 186 g/mol. The van der Waals surface area contributed by atoms with Gasteiger partial charge in [0.1, 0.15) is 0 Å². The lowest BCUT2D eigenvalue weighted by atomic mass is 10.1. The molecule has 0 fully saturated rings. The molecule has 5 heteroatoms. The van der Waals surface area contributed by atoms with E-state index in [2.05, 4.69) is 4.84 Å². The first kappa shape index (κ1) is 10.5. The molecule has 0 aliphatic carbocycles. The van der Waals surface area contributed by atoms with Gasteiger partial charge in [0.15, 0.2) is 0 Å². The minimum atomic E-state index is -0.735. The van der Waals surface area contributed by atoms with Crippen LogP contribution >= 0.6 is 23.5 Å². The third-order valence-corrected chi connectivity index (χ3v) is 2.47. The van der Waals surface area contributed by atoms with Crippen LogP contribution in [0.2, 0.25) is 0 Å². The summed E-state index contributed by atoms with van der Waals surface area (Å²) in [6, 6.07) is 0. The lowest BCUT2D eigenvalue weighted by Crippen LogP contribution is -2.49. The van der Waals surface area contributed by atoms with Crippen LogP contribution in [-0.4, -0.2) is 41.0 Å². The van der Waals surface area contributed by atoms with Crippen molar-refractivity contribution >= 4 is 23.5 Å². The molecule has 0 aromatic heterocycles. The molecule has 0 amide bonds. The third kappa shape index (κ3) is 2.64. The molecular formula is C5H12ClNO2S. The lowest BCUT2D eigenvalue weighted by Gasteiger charge is -2.26. The van der Waals surface area contributed by atoms with Gasteiger partial charge >= 0.3 is 0 Å². The standard InChI is InChI=1S/C5H12ClNO2S/c1-10-4-5(2-8,3-9)7-6/h7-9H,2-4H2,1H3. The van der Waals surface area contributed by atoms with Crippen molar-refractivity contribution in [3.8, 4) is 0 Å². The molecule has 0 saturated carbocycles.